The largest absolute Gasteiger partial charge is 0.389 e. The third kappa shape index (κ3) is 3.62. The van der Waals surface area contributed by atoms with Crippen LogP contribution in [0.25, 0.3) is 0 Å². The molecule has 0 aliphatic carbocycles. The van der Waals surface area contributed by atoms with Crippen molar-refractivity contribution in [2.75, 3.05) is 26.0 Å². The van der Waals surface area contributed by atoms with E-state index in [0.717, 1.165) is 4.31 Å². The molecule has 0 unspecified atom stereocenters. The molecule has 2 N–H and O–H groups in total. The molecule has 7 nitrogen and oxygen atoms in total. The van der Waals surface area contributed by atoms with E-state index < -0.39 is 15.6 Å². The van der Waals surface area contributed by atoms with Gasteiger partial charge in [0, 0.05) is 20.6 Å². The summed E-state index contributed by atoms with van der Waals surface area (Å²) in [6.07, 6.45) is 2.46. The summed E-state index contributed by atoms with van der Waals surface area (Å²) in [7, 11) is -0.632. The van der Waals surface area contributed by atoms with Crippen molar-refractivity contribution in [1.82, 2.24) is 14.3 Å². The van der Waals surface area contributed by atoms with Crippen molar-refractivity contribution < 1.29 is 13.5 Å². The fraction of sp³-hybridized carbons (Fsp3) is 0.600. The van der Waals surface area contributed by atoms with E-state index >= 15 is 0 Å². The fourth-order valence-corrected chi connectivity index (χ4v) is 2.61. The van der Waals surface area contributed by atoms with Gasteiger partial charge < -0.3 is 10.4 Å². The van der Waals surface area contributed by atoms with Crippen molar-refractivity contribution in [3.05, 3.63) is 12.4 Å². The molecule has 0 spiro atoms. The summed E-state index contributed by atoms with van der Waals surface area (Å²) in [4.78, 5) is 7.70. The summed E-state index contributed by atoms with van der Waals surface area (Å²) in [6, 6.07) is 0. The average molecular weight is 274 g/mol. The number of aliphatic hydroxyl groups is 1. The van der Waals surface area contributed by atoms with E-state index in [2.05, 4.69) is 15.3 Å². The summed E-state index contributed by atoms with van der Waals surface area (Å²) in [5, 5.41) is 12.3. The minimum atomic E-state index is -3.68. The Morgan fingerprint density at radius 2 is 1.89 bits per heavy atom. The third-order valence-electron chi connectivity index (χ3n) is 2.17. The van der Waals surface area contributed by atoms with Gasteiger partial charge in [0.05, 0.1) is 18.0 Å². The molecule has 1 aromatic rings. The van der Waals surface area contributed by atoms with Crippen LogP contribution in [0.1, 0.15) is 13.8 Å². The number of likely N-dealkylation sites (N-methyl/N-ethyl adjacent to an activating group) is 1. The van der Waals surface area contributed by atoms with Gasteiger partial charge in [0.1, 0.15) is 4.90 Å². The van der Waals surface area contributed by atoms with Crippen molar-refractivity contribution in [3.63, 3.8) is 0 Å². The Kier molecular flexibility index (Phi) is 4.25. The Labute approximate surface area is 107 Å². The van der Waals surface area contributed by atoms with E-state index in [0.29, 0.717) is 5.95 Å². The second kappa shape index (κ2) is 5.17. The van der Waals surface area contributed by atoms with E-state index in [1.54, 1.807) is 20.9 Å². The third-order valence-corrected chi connectivity index (χ3v) is 3.93. The topological polar surface area (TPSA) is 95.4 Å². The lowest BCUT2D eigenvalue weighted by Crippen LogP contribution is -2.39. The molecule has 1 aromatic heterocycles. The molecular weight excluding hydrogens is 256 g/mol. The zero-order valence-corrected chi connectivity index (χ0v) is 11.7. The Morgan fingerprint density at radius 1 is 1.39 bits per heavy atom. The van der Waals surface area contributed by atoms with E-state index in [4.69, 9.17) is 0 Å². The SMILES string of the molecule is CNc1ncc(S(=O)(=O)N(C)CC(C)(C)O)cn1. The highest BCUT2D eigenvalue weighted by Crippen LogP contribution is 2.15. The van der Waals surface area contributed by atoms with Crippen LogP contribution in [0, 0.1) is 0 Å². The van der Waals surface area contributed by atoms with Crippen LogP contribution in [-0.2, 0) is 10.0 Å². The van der Waals surface area contributed by atoms with Crippen LogP contribution < -0.4 is 5.32 Å². The minimum absolute atomic E-state index is 0.00625. The van der Waals surface area contributed by atoms with Gasteiger partial charge in [-0.2, -0.15) is 4.31 Å². The van der Waals surface area contributed by atoms with E-state index in [-0.39, 0.29) is 11.4 Å². The Balaban J connectivity index is 2.98. The molecule has 0 bridgehead atoms. The van der Waals surface area contributed by atoms with Gasteiger partial charge in [-0.3, -0.25) is 0 Å². The molecule has 0 aliphatic heterocycles. The zero-order valence-electron chi connectivity index (χ0n) is 10.9. The number of hydrogen-bond donors (Lipinski definition) is 2. The first kappa shape index (κ1) is 14.8. The number of hydrogen-bond acceptors (Lipinski definition) is 6. The van der Waals surface area contributed by atoms with Gasteiger partial charge in [0.25, 0.3) is 0 Å². The number of aromatic nitrogens is 2. The Bertz CT molecular complexity index is 493. The number of anilines is 1. The first-order valence-electron chi connectivity index (χ1n) is 5.35. The minimum Gasteiger partial charge on any atom is -0.389 e. The predicted octanol–water partition coefficient (Wildman–Crippen LogP) is -0.0903. The van der Waals surface area contributed by atoms with Gasteiger partial charge in [-0.05, 0) is 13.8 Å². The quantitative estimate of drug-likeness (QED) is 0.779. The van der Waals surface area contributed by atoms with E-state index in [1.807, 2.05) is 0 Å². The van der Waals surface area contributed by atoms with Gasteiger partial charge in [0.15, 0.2) is 0 Å². The van der Waals surface area contributed by atoms with Crippen molar-refractivity contribution in [1.29, 1.82) is 0 Å². The van der Waals surface area contributed by atoms with Crippen molar-refractivity contribution in [2.45, 2.75) is 24.3 Å². The second-order valence-corrected chi connectivity index (χ2v) is 6.61. The molecule has 0 atom stereocenters. The summed E-state index contributed by atoms with van der Waals surface area (Å²) < 4.78 is 25.3. The summed E-state index contributed by atoms with van der Waals surface area (Å²) in [5.41, 5.74) is -1.10. The highest BCUT2D eigenvalue weighted by Gasteiger charge is 2.26. The van der Waals surface area contributed by atoms with Gasteiger partial charge in [-0.15, -0.1) is 0 Å². The van der Waals surface area contributed by atoms with Crippen molar-refractivity contribution in [3.8, 4) is 0 Å². The average Bonchev–Trinajstić information content (AvgIpc) is 2.27. The highest BCUT2D eigenvalue weighted by atomic mass is 32.2. The highest BCUT2D eigenvalue weighted by molar-refractivity contribution is 7.89. The standard InChI is InChI=1S/C10H18N4O3S/c1-10(2,15)7-14(4)18(16,17)8-5-12-9(11-3)13-6-8/h5-6,15H,7H2,1-4H3,(H,11,12,13). The van der Waals surface area contributed by atoms with E-state index in [1.165, 1.54) is 19.4 Å². The molecule has 1 heterocycles. The normalized spacial score (nSPS) is 12.8. The molecule has 102 valence electrons. The molecule has 0 amide bonds. The number of nitrogens with one attached hydrogen (secondary N) is 1. The van der Waals surface area contributed by atoms with Gasteiger partial charge in [0.2, 0.25) is 16.0 Å². The molecule has 18 heavy (non-hydrogen) atoms. The van der Waals surface area contributed by atoms with Crippen molar-refractivity contribution in [2.24, 2.45) is 0 Å². The predicted molar refractivity (Wildman–Crippen MR) is 67.7 cm³/mol. The van der Waals surface area contributed by atoms with Gasteiger partial charge >= 0.3 is 0 Å². The first-order chi connectivity index (χ1) is 8.16. The first-order valence-corrected chi connectivity index (χ1v) is 6.79. The number of nitrogens with zero attached hydrogens (tertiary/aromatic N) is 3. The van der Waals surface area contributed by atoms with Gasteiger partial charge in [-0.25, -0.2) is 18.4 Å². The van der Waals surface area contributed by atoms with Crippen molar-refractivity contribution >= 4 is 16.0 Å². The van der Waals surface area contributed by atoms with Gasteiger partial charge in [-0.1, -0.05) is 0 Å². The fourth-order valence-electron chi connectivity index (χ4n) is 1.39. The lowest BCUT2D eigenvalue weighted by molar-refractivity contribution is 0.0640. The maximum absolute atomic E-state index is 12.1. The molecule has 1 rings (SSSR count). The van der Waals surface area contributed by atoms with Crippen LogP contribution in [0.15, 0.2) is 17.3 Å². The zero-order chi connectivity index (χ0) is 14.0. The molecule has 8 heteroatoms. The maximum atomic E-state index is 12.1. The lowest BCUT2D eigenvalue weighted by atomic mass is 10.1. The summed E-state index contributed by atoms with van der Waals surface area (Å²) in [5.74, 6) is 0.346. The molecule has 0 fully saturated rings. The van der Waals surface area contributed by atoms with Crippen LogP contribution in [0.2, 0.25) is 0 Å². The number of rotatable bonds is 5. The van der Waals surface area contributed by atoms with E-state index in [9.17, 15) is 13.5 Å². The lowest BCUT2D eigenvalue weighted by Gasteiger charge is -2.24. The summed E-state index contributed by atoms with van der Waals surface area (Å²) >= 11 is 0. The second-order valence-electron chi connectivity index (χ2n) is 4.57. The monoisotopic (exact) mass is 274 g/mol. The Hall–Kier alpha value is -1.25. The molecule has 0 saturated carbocycles. The van der Waals surface area contributed by atoms with Crippen LogP contribution in [-0.4, -0.2) is 54.0 Å². The number of sulfonamides is 1. The smallest absolute Gasteiger partial charge is 0.245 e. The van der Waals surface area contributed by atoms with Crippen LogP contribution in [0.3, 0.4) is 0 Å². The Morgan fingerprint density at radius 3 is 2.28 bits per heavy atom. The van der Waals surface area contributed by atoms with Crippen LogP contribution in [0.5, 0.6) is 0 Å². The van der Waals surface area contributed by atoms with Crippen LogP contribution >= 0.6 is 0 Å². The summed E-state index contributed by atoms with van der Waals surface area (Å²) in [6.45, 7) is 3.07. The molecule has 0 radical (unpaired) electrons. The molecule has 0 aromatic carbocycles. The molecule has 0 saturated heterocycles. The maximum Gasteiger partial charge on any atom is 0.245 e. The molecular formula is C10H18N4O3S. The molecule has 0 aliphatic rings. The van der Waals surface area contributed by atoms with Crippen LogP contribution in [0.4, 0.5) is 5.95 Å².